The molecule has 0 radical (unpaired) electrons. The van der Waals surface area contributed by atoms with Crippen LogP contribution in [-0.2, 0) is 10.2 Å². The normalized spacial score (nSPS) is 24.2. The van der Waals surface area contributed by atoms with E-state index in [2.05, 4.69) is 38.7 Å². The Kier molecular flexibility index (Phi) is 7.23. The Balaban J connectivity index is 2.03. The molecule has 1 aliphatic heterocycles. The highest BCUT2D eigenvalue weighted by atomic mass is 32.1. The predicted molar refractivity (Wildman–Crippen MR) is 121 cm³/mol. The molecule has 29 heavy (non-hydrogen) atoms. The summed E-state index contributed by atoms with van der Waals surface area (Å²) in [5, 5.41) is 9.97. The summed E-state index contributed by atoms with van der Waals surface area (Å²) in [6.45, 7) is 12.3. The molecule has 0 aromatic carbocycles. The van der Waals surface area contributed by atoms with Crippen LogP contribution in [0, 0.1) is 11.8 Å². The Labute approximate surface area is 179 Å². The van der Waals surface area contributed by atoms with E-state index in [1.54, 1.807) is 7.11 Å². The van der Waals surface area contributed by atoms with Crippen molar-refractivity contribution in [1.82, 2.24) is 4.90 Å². The molecular formula is C24H37NO3S. The quantitative estimate of drug-likeness (QED) is 0.645. The van der Waals surface area contributed by atoms with Crippen molar-refractivity contribution in [2.24, 2.45) is 11.8 Å². The highest BCUT2D eigenvalue weighted by molar-refractivity contribution is 7.14. The molecule has 5 heteroatoms. The van der Waals surface area contributed by atoms with Gasteiger partial charge in [0.25, 0.3) is 0 Å². The minimum Gasteiger partial charge on any atom is -0.477 e. The molecule has 1 N–H and O–H groups in total. The van der Waals surface area contributed by atoms with Gasteiger partial charge in [0.1, 0.15) is 4.88 Å². The third-order valence-corrected chi connectivity index (χ3v) is 8.13. The Morgan fingerprint density at radius 2 is 1.97 bits per heavy atom. The minimum atomic E-state index is -0.793. The van der Waals surface area contributed by atoms with E-state index < -0.39 is 5.97 Å². The van der Waals surface area contributed by atoms with Crippen molar-refractivity contribution in [2.75, 3.05) is 33.4 Å². The van der Waals surface area contributed by atoms with Crippen LogP contribution in [-0.4, -0.2) is 49.3 Å². The molecule has 1 fully saturated rings. The van der Waals surface area contributed by atoms with E-state index >= 15 is 0 Å². The van der Waals surface area contributed by atoms with Gasteiger partial charge < -0.3 is 9.84 Å². The molecular weight excluding hydrogens is 382 g/mol. The SMILES string of the molecule is COCCN1CCC(C2CCC(C)CC2)=C(c2cc(C(C)(C)C)sc2C(=O)O)C1. The van der Waals surface area contributed by atoms with Gasteiger partial charge >= 0.3 is 5.97 Å². The number of carbonyl (C=O) groups is 1. The Hall–Kier alpha value is -1.17. The van der Waals surface area contributed by atoms with E-state index in [-0.39, 0.29) is 5.41 Å². The summed E-state index contributed by atoms with van der Waals surface area (Å²) in [7, 11) is 1.74. The Morgan fingerprint density at radius 1 is 1.28 bits per heavy atom. The van der Waals surface area contributed by atoms with Crippen LogP contribution in [0.4, 0.5) is 0 Å². The predicted octanol–water partition coefficient (Wildman–Crippen LogP) is 5.68. The van der Waals surface area contributed by atoms with Crippen molar-refractivity contribution in [3.63, 3.8) is 0 Å². The molecule has 1 aliphatic carbocycles. The van der Waals surface area contributed by atoms with E-state index in [1.807, 2.05) is 0 Å². The highest BCUT2D eigenvalue weighted by Gasteiger charge is 2.32. The number of carboxylic acid groups (broad SMARTS) is 1. The number of carboxylic acids is 1. The molecule has 2 heterocycles. The van der Waals surface area contributed by atoms with Crippen LogP contribution in [0.3, 0.4) is 0 Å². The van der Waals surface area contributed by atoms with Crippen LogP contribution in [0.25, 0.3) is 5.57 Å². The lowest BCUT2D eigenvalue weighted by molar-refractivity contribution is 0.0701. The topological polar surface area (TPSA) is 49.8 Å². The van der Waals surface area contributed by atoms with Crippen LogP contribution < -0.4 is 0 Å². The van der Waals surface area contributed by atoms with E-state index in [0.29, 0.717) is 17.4 Å². The van der Waals surface area contributed by atoms with Crippen LogP contribution in [0.5, 0.6) is 0 Å². The largest absolute Gasteiger partial charge is 0.477 e. The van der Waals surface area contributed by atoms with Gasteiger partial charge in [-0.3, -0.25) is 4.90 Å². The van der Waals surface area contributed by atoms with E-state index in [1.165, 1.54) is 48.2 Å². The van der Waals surface area contributed by atoms with Crippen LogP contribution >= 0.6 is 11.3 Å². The standard InChI is InChI=1S/C24H37NO3S/c1-16-6-8-17(9-7-16)18-10-11-25(12-13-28-5)15-20(18)19-14-21(24(2,3)4)29-22(19)23(26)27/h14,16-17H,6-13,15H2,1-5H3,(H,26,27). The van der Waals surface area contributed by atoms with Crippen molar-refractivity contribution in [3.05, 3.63) is 27.0 Å². The van der Waals surface area contributed by atoms with Crippen LogP contribution in [0.2, 0.25) is 0 Å². The molecule has 0 spiro atoms. The molecule has 0 amide bonds. The first kappa shape index (κ1) is 22.5. The zero-order valence-corrected chi connectivity index (χ0v) is 19.5. The zero-order chi connectivity index (χ0) is 21.2. The minimum absolute atomic E-state index is 0.0431. The van der Waals surface area contributed by atoms with Crippen LogP contribution in [0.1, 0.15) is 79.9 Å². The molecule has 1 aromatic heterocycles. The summed E-state index contributed by atoms with van der Waals surface area (Å²) in [6, 6.07) is 2.18. The van der Waals surface area contributed by atoms with Gasteiger partial charge in [-0.25, -0.2) is 4.79 Å². The number of aromatic carboxylic acids is 1. The molecule has 4 nitrogen and oxygen atoms in total. The third kappa shape index (κ3) is 5.31. The fraction of sp³-hybridized carbons (Fsp3) is 0.708. The number of thiophene rings is 1. The maximum atomic E-state index is 12.1. The molecule has 0 saturated heterocycles. The molecule has 162 valence electrons. The van der Waals surface area contributed by atoms with Crippen molar-refractivity contribution >= 4 is 22.9 Å². The average Bonchev–Trinajstić information content (AvgIpc) is 3.13. The van der Waals surface area contributed by atoms with Gasteiger partial charge in [-0.1, -0.05) is 46.1 Å². The van der Waals surface area contributed by atoms with Gasteiger partial charge in [0.05, 0.1) is 6.61 Å². The molecule has 2 aliphatic rings. The summed E-state index contributed by atoms with van der Waals surface area (Å²) < 4.78 is 5.30. The van der Waals surface area contributed by atoms with Gasteiger partial charge in [-0.2, -0.15) is 0 Å². The van der Waals surface area contributed by atoms with E-state index in [0.717, 1.165) is 42.4 Å². The molecule has 1 aromatic rings. The number of methoxy groups -OCH3 is 1. The van der Waals surface area contributed by atoms with Gasteiger partial charge in [0.15, 0.2) is 0 Å². The fourth-order valence-electron chi connectivity index (χ4n) is 4.71. The second-order valence-corrected chi connectivity index (χ2v) is 10.9. The molecule has 0 unspecified atom stereocenters. The van der Waals surface area contributed by atoms with Crippen LogP contribution in [0.15, 0.2) is 11.6 Å². The summed E-state index contributed by atoms with van der Waals surface area (Å²) in [4.78, 5) is 16.2. The monoisotopic (exact) mass is 419 g/mol. The summed E-state index contributed by atoms with van der Waals surface area (Å²) in [5.41, 5.74) is 3.75. The molecule has 3 rings (SSSR count). The number of ether oxygens (including phenoxy) is 1. The van der Waals surface area contributed by atoms with Gasteiger partial charge in [0, 0.05) is 37.2 Å². The fourth-order valence-corrected chi connectivity index (χ4v) is 5.79. The first-order chi connectivity index (χ1) is 13.7. The number of rotatable bonds is 6. The number of hydrogen-bond donors (Lipinski definition) is 1. The van der Waals surface area contributed by atoms with E-state index in [9.17, 15) is 9.90 Å². The summed E-state index contributed by atoms with van der Waals surface area (Å²) >= 11 is 1.46. The summed E-state index contributed by atoms with van der Waals surface area (Å²) in [6.07, 6.45) is 6.13. The smallest absolute Gasteiger partial charge is 0.346 e. The van der Waals surface area contributed by atoms with Gasteiger partial charge in [-0.15, -0.1) is 11.3 Å². The van der Waals surface area contributed by atoms with Gasteiger partial charge in [0.2, 0.25) is 0 Å². The average molecular weight is 420 g/mol. The zero-order valence-electron chi connectivity index (χ0n) is 18.7. The molecule has 0 atom stereocenters. The maximum Gasteiger partial charge on any atom is 0.346 e. The Bertz CT molecular complexity index is 751. The molecule has 0 bridgehead atoms. The second-order valence-electron chi connectivity index (χ2n) is 9.89. The van der Waals surface area contributed by atoms with Crippen molar-refractivity contribution in [1.29, 1.82) is 0 Å². The first-order valence-electron chi connectivity index (χ1n) is 11.0. The lowest BCUT2D eigenvalue weighted by atomic mass is 9.75. The lowest BCUT2D eigenvalue weighted by Crippen LogP contribution is -2.35. The molecule has 1 saturated carbocycles. The number of hydrogen-bond acceptors (Lipinski definition) is 4. The summed E-state index contributed by atoms with van der Waals surface area (Å²) in [5.74, 6) is 0.643. The lowest BCUT2D eigenvalue weighted by Gasteiger charge is -2.36. The Morgan fingerprint density at radius 3 is 2.55 bits per heavy atom. The number of nitrogens with zero attached hydrogens (tertiary/aromatic N) is 1. The highest BCUT2D eigenvalue weighted by Crippen LogP contribution is 2.43. The van der Waals surface area contributed by atoms with Crippen molar-refractivity contribution < 1.29 is 14.6 Å². The maximum absolute atomic E-state index is 12.1. The van der Waals surface area contributed by atoms with Crippen molar-refractivity contribution in [2.45, 2.75) is 65.2 Å². The third-order valence-electron chi connectivity index (χ3n) is 6.58. The van der Waals surface area contributed by atoms with E-state index in [4.69, 9.17) is 4.74 Å². The van der Waals surface area contributed by atoms with Gasteiger partial charge in [-0.05, 0) is 48.2 Å². The van der Waals surface area contributed by atoms with Crippen molar-refractivity contribution in [3.8, 4) is 0 Å². The first-order valence-corrected chi connectivity index (χ1v) is 11.8. The second kappa shape index (κ2) is 9.32.